The molecule has 0 radical (unpaired) electrons. The fourth-order valence-corrected chi connectivity index (χ4v) is 5.63. The molecule has 11 nitrogen and oxygen atoms in total. The number of alkyl halides is 3. The third kappa shape index (κ3) is 5.22. The summed E-state index contributed by atoms with van der Waals surface area (Å²) in [4.78, 5) is 48.2. The van der Waals surface area contributed by atoms with Gasteiger partial charge in [-0.05, 0) is 18.6 Å². The number of sulfonamides is 1. The van der Waals surface area contributed by atoms with Crippen LogP contribution in [0.15, 0.2) is 35.2 Å². The maximum Gasteiger partial charge on any atom is 0.490 e. The number of amides is 2. The van der Waals surface area contributed by atoms with Crippen molar-refractivity contribution in [2.75, 3.05) is 27.7 Å². The summed E-state index contributed by atoms with van der Waals surface area (Å²) in [6.45, 7) is 1.65. The van der Waals surface area contributed by atoms with Crippen LogP contribution in [0.2, 0.25) is 0 Å². The highest BCUT2D eigenvalue weighted by Gasteiger charge is 2.67. The first-order valence-corrected chi connectivity index (χ1v) is 12.0. The predicted molar refractivity (Wildman–Crippen MR) is 117 cm³/mol. The number of nitrogens with zero attached hydrogens (tertiary/aromatic N) is 2. The highest BCUT2D eigenvalue weighted by molar-refractivity contribution is 7.89. The number of likely N-dealkylation sites (tertiary alicyclic amines) is 1. The van der Waals surface area contributed by atoms with Crippen LogP contribution in [0.1, 0.15) is 13.3 Å². The molecule has 2 heterocycles. The summed E-state index contributed by atoms with van der Waals surface area (Å²) in [6, 6.07) is 7.21. The van der Waals surface area contributed by atoms with E-state index >= 15 is 0 Å². The number of esters is 1. The van der Waals surface area contributed by atoms with Crippen LogP contribution in [0.3, 0.4) is 0 Å². The number of carbonyl (C=O) groups excluding carboxylic acids is 3. The molecule has 3 rings (SSSR count). The summed E-state index contributed by atoms with van der Waals surface area (Å²) in [6.07, 6.45) is -4.86. The summed E-state index contributed by atoms with van der Waals surface area (Å²) in [5, 5.41) is 10.2. The molecule has 2 aliphatic rings. The highest BCUT2D eigenvalue weighted by Crippen LogP contribution is 2.45. The number of halogens is 3. The number of fused-ring (bicyclic) bond motifs is 1. The molecule has 15 heteroatoms. The fourth-order valence-electron chi connectivity index (χ4n) is 4.41. The minimum atomic E-state index is -5.08. The molecule has 2 aliphatic heterocycles. The minimum absolute atomic E-state index is 0.0794. The van der Waals surface area contributed by atoms with Gasteiger partial charge in [0.05, 0.1) is 23.8 Å². The standard InChI is InChI=1S/C19H25N3O6S.C2HF3O2/c1-5-19(18(25)28-4)15-14(16(23)22(3)17(15)24)13(20-19)11-21(2)29(26,27)12-9-7-6-8-10-12;3-2(4,5)1(6)7/h6-10,13-15,20H,5,11H2,1-4H3;(H,6,7)/t13-,14+,15-,19-;/m1./s1. The van der Waals surface area contributed by atoms with E-state index < -0.39 is 63.4 Å². The topological polar surface area (TPSA) is 150 Å². The molecule has 0 aliphatic carbocycles. The summed E-state index contributed by atoms with van der Waals surface area (Å²) >= 11 is 0. The molecule has 1 aromatic carbocycles. The van der Waals surface area contributed by atoms with Crippen LogP contribution in [0.4, 0.5) is 13.2 Å². The molecule has 1 aromatic rings. The quantitative estimate of drug-likeness (QED) is 0.390. The van der Waals surface area contributed by atoms with Gasteiger partial charge in [0.25, 0.3) is 0 Å². The second-order valence-electron chi connectivity index (χ2n) is 8.21. The number of carboxylic acids is 1. The molecule has 2 amide bonds. The zero-order chi connectivity index (χ0) is 27.6. The predicted octanol–water partition coefficient (Wildman–Crippen LogP) is 0.465. The first kappa shape index (κ1) is 29.2. The van der Waals surface area contributed by atoms with Crippen molar-refractivity contribution in [1.29, 1.82) is 0 Å². The van der Waals surface area contributed by atoms with Gasteiger partial charge in [-0.3, -0.25) is 24.6 Å². The number of methoxy groups -OCH3 is 1. The molecule has 0 unspecified atom stereocenters. The Bertz CT molecular complexity index is 1130. The molecule has 2 fully saturated rings. The van der Waals surface area contributed by atoms with Crippen molar-refractivity contribution in [3.8, 4) is 0 Å². The van der Waals surface area contributed by atoms with E-state index in [1.807, 2.05) is 0 Å². The number of hydrogen-bond donors (Lipinski definition) is 2. The molecular weight excluding hydrogens is 511 g/mol. The molecular formula is C21H26F3N3O8S. The van der Waals surface area contributed by atoms with Gasteiger partial charge in [-0.25, -0.2) is 13.2 Å². The molecule has 0 bridgehead atoms. The van der Waals surface area contributed by atoms with E-state index in [1.54, 1.807) is 25.1 Å². The molecule has 0 spiro atoms. The van der Waals surface area contributed by atoms with Gasteiger partial charge in [-0.15, -0.1) is 0 Å². The number of ether oxygens (including phenoxy) is 1. The van der Waals surface area contributed by atoms with Crippen molar-refractivity contribution >= 4 is 33.8 Å². The summed E-state index contributed by atoms with van der Waals surface area (Å²) in [5.74, 6) is -6.07. The average Bonchev–Trinajstić information content (AvgIpc) is 3.28. The zero-order valence-electron chi connectivity index (χ0n) is 19.8. The van der Waals surface area contributed by atoms with E-state index in [0.717, 1.165) is 9.21 Å². The van der Waals surface area contributed by atoms with Crippen LogP contribution in [-0.4, -0.2) is 92.0 Å². The van der Waals surface area contributed by atoms with Crippen molar-refractivity contribution in [3.63, 3.8) is 0 Å². The van der Waals surface area contributed by atoms with E-state index in [2.05, 4.69) is 5.32 Å². The van der Waals surface area contributed by atoms with Crippen LogP contribution in [0, 0.1) is 11.8 Å². The van der Waals surface area contributed by atoms with E-state index in [9.17, 15) is 36.0 Å². The lowest BCUT2D eigenvalue weighted by Gasteiger charge is -2.31. The van der Waals surface area contributed by atoms with Crippen molar-refractivity contribution in [2.24, 2.45) is 11.8 Å². The first-order valence-electron chi connectivity index (χ1n) is 10.5. The maximum absolute atomic E-state index is 12.9. The highest BCUT2D eigenvalue weighted by atomic mass is 32.2. The molecule has 2 saturated heterocycles. The van der Waals surface area contributed by atoms with E-state index in [0.29, 0.717) is 0 Å². The van der Waals surface area contributed by atoms with E-state index in [1.165, 1.54) is 33.3 Å². The Labute approximate surface area is 205 Å². The number of rotatable bonds is 6. The molecule has 0 saturated carbocycles. The Morgan fingerprint density at radius 3 is 2.17 bits per heavy atom. The van der Waals surface area contributed by atoms with Gasteiger partial charge in [0, 0.05) is 26.7 Å². The average molecular weight is 538 g/mol. The number of hydrogen-bond acceptors (Lipinski definition) is 8. The van der Waals surface area contributed by atoms with Crippen LogP contribution in [-0.2, 0) is 33.9 Å². The summed E-state index contributed by atoms with van der Waals surface area (Å²) in [7, 11) is 0.209. The van der Waals surface area contributed by atoms with E-state index in [-0.39, 0.29) is 17.9 Å². The zero-order valence-corrected chi connectivity index (χ0v) is 20.6. The normalized spacial score (nSPS) is 25.9. The van der Waals surface area contributed by atoms with E-state index in [4.69, 9.17) is 14.6 Å². The van der Waals surface area contributed by atoms with Crippen LogP contribution in [0.25, 0.3) is 0 Å². The number of imide groups is 1. The van der Waals surface area contributed by atoms with Gasteiger partial charge >= 0.3 is 18.1 Å². The number of carboxylic acid groups (broad SMARTS) is 1. The lowest BCUT2D eigenvalue weighted by atomic mass is 9.78. The van der Waals surface area contributed by atoms with Gasteiger partial charge in [0.2, 0.25) is 21.8 Å². The van der Waals surface area contributed by atoms with Gasteiger partial charge in [0.1, 0.15) is 5.54 Å². The van der Waals surface area contributed by atoms with Gasteiger partial charge in [0.15, 0.2) is 0 Å². The van der Waals surface area contributed by atoms with Crippen molar-refractivity contribution < 1.29 is 50.6 Å². The smallest absolute Gasteiger partial charge is 0.475 e. The van der Waals surface area contributed by atoms with Crippen molar-refractivity contribution in [3.05, 3.63) is 30.3 Å². The van der Waals surface area contributed by atoms with Gasteiger partial charge < -0.3 is 9.84 Å². The number of likely N-dealkylation sites (N-methyl/N-ethyl adjacent to an activating group) is 1. The lowest BCUT2D eigenvalue weighted by molar-refractivity contribution is -0.192. The number of aliphatic carboxylic acids is 1. The number of benzene rings is 1. The van der Waals surface area contributed by atoms with Crippen LogP contribution in [0.5, 0.6) is 0 Å². The number of carbonyl (C=O) groups is 4. The van der Waals surface area contributed by atoms with Gasteiger partial charge in [-0.2, -0.15) is 17.5 Å². The molecule has 36 heavy (non-hydrogen) atoms. The van der Waals surface area contributed by atoms with Crippen LogP contribution >= 0.6 is 0 Å². The second-order valence-corrected chi connectivity index (χ2v) is 10.3. The molecule has 200 valence electrons. The second kappa shape index (κ2) is 10.5. The van der Waals surface area contributed by atoms with Crippen molar-refractivity contribution in [1.82, 2.24) is 14.5 Å². The summed E-state index contributed by atoms with van der Waals surface area (Å²) in [5.41, 5.74) is -1.38. The Morgan fingerprint density at radius 1 is 1.19 bits per heavy atom. The van der Waals surface area contributed by atoms with Crippen LogP contribution < -0.4 is 5.32 Å². The fraction of sp³-hybridized carbons (Fsp3) is 0.524. The lowest BCUT2D eigenvalue weighted by Crippen LogP contribution is -2.57. The number of nitrogens with one attached hydrogen (secondary N) is 1. The SMILES string of the molecule is CC[C@@]1(C(=O)OC)N[C@H](CN(C)S(=O)(=O)c2ccccc2)[C@@H]2C(=O)N(C)C(=O)[C@@H]21.O=C(O)C(F)(F)F. The third-order valence-corrected chi connectivity index (χ3v) is 8.07. The maximum atomic E-state index is 12.9. The Kier molecular flexibility index (Phi) is 8.53. The third-order valence-electron chi connectivity index (χ3n) is 6.23. The summed E-state index contributed by atoms with van der Waals surface area (Å²) < 4.78 is 63.6. The Morgan fingerprint density at radius 2 is 1.72 bits per heavy atom. The van der Waals surface area contributed by atoms with Gasteiger partial charge in [-0.1, -0.05) is 25.1 Å². The minimum Gasteiger partial charge on any atom is -0.475 e. The monoisotopic (exact) mass is 537 g/mol. The Balaban J connectivity index is 0.000000572. The first-order chi connectivity index (χ1) is 16.6. The molecule has 0 aromatic heterocycles. The molecule has 2 N–H and O–H groups in total. The Hall–Kier alpha value is -3.04. The van der Waals surface area contributed by atoms with Crippen molar-refractivity contribution in [2.45, 2.75) is 36.0 Å². The largest absolute Gasteiger partial charge is 0.490 e. The molecule has 4 atom stereocenters.